The monoisotopic (exact) mass is 219 g/mol. The number of thiophene rings is 1. The molecule has 1 aromatic rings. The normalized spacial score (nSPS) is 19.7. The number of likely N-dealkylation sites (tertiary alicyclic amines) is 1. The fraction of sp³-hybridized carbons (Fsp3) is 0.250. The van der Waals surface area contributed by atoms with E-state index in [9.17, 15) is 4.79 Å². The van der Waals surface area contributed by atoms with E-state index in [0.29, 0.717) is 0 Å². The Morgan fingerprint density at radius 1 is 1.53 bits per heavy atom. The standard InChI is InChI=1S/C12H13NOS/c1-13-8-7-10(12(13)14)4-2-5-11-6-3-9-15-11/h2-6,9H,7-8H2,1H3/b5-2+,10-4+. The van der Waals surface area contributed by atoms with Crippen LogP contribution in [0.1, 0.15) is 11.3 Å². The van der Waals surface area contributed by atoms with Crippen molar-refractivity contribution in [1.82, 2.24) is 4.90 Å². The maximum Gasteiger partial charge on any atom is 0.249 e. The number of likely N-dealkylation sites (N-methyl/N-ethyl adjacent to an activating group) is 1. The molecule has 0 unspecified atom stereocenters. The average molecular weight is 219 g/mol. The van der Waals surface area contributed by atoms with Gasteiger partial charge in [0.2, 0.25) is 5.91 Å². The average Bonchev–Trinajstić information content (AvgIpc) is 2.83. The highest BCUT2D eigenvalue weighted by Gasteiger charge is 2.20. The van der Waals surface area contributed by atoms with Crippen molar-refractivity contribution in [2.45, 2.75) is 6.42 Å². The van der Waals surface area contributed by atoms with Gasteiger partial charge < -0.3 is 4.90 Å². The molecular formula is C12H13NOS. The number of rotatable bonds is 2. The van der Waals surface area contributed by atoms with Gasteiger partial charge >= 0.3 is 0 Å². The Morgan fingerprint density at radius 3 is 3.00 bits per heavy atom. The molecule has 15 heavy (non-hydrogen) atoms. The highest BCUT2D eigenvalue weighted by molar-refractivity contribution is 7.10. The Morgan fingerprint density at radius 2 is 2.40 bits per heavy atom. The van der Waals surface area contributed by atoms with Crippen LogP contribution in [0.4, 0.5) is 0 Å². The predicted octanol–water partition coefficient (Wildman–Crippen LogP) is 2.55. The molecule has 1 fully saturated rings. The van der Waals surface area contributed by atoms with E-state index in [1.807, 2.05) is 36.7 Å². The summed E-state index contributed by atoms with van der Waals surface area (Å²) in [4.78, 5) is 14.5. The Labute approximate surface area is 93.5 Å². The third-order valence-corrected chi connectivity index (χ3v) is 3.28. The summed E-state index contributed by atoms with van der Waals surface area (Å²) in [5.74, 6) is 0.158. The molecule has 0 aromatic carbocycles. The van der Waals surface area contributed by atoms with Crippen LogP contribution in [0.15, 0.2) is 35.2 Å². The van der Waals surface area contributed by atoms with Gasteiger partial charge in [0, 0.05) is 24.0 Å². The molecule has 1 amide bonds. The number of allylic oxidation sites excluding steroid dienone is 2. The van der Waals surface area contributed by atoms with Crippen molar-refractivity contribution in [1.29, 1.82) is 0 Å². The van der Waals surface area contributed by atoms with Crippen molar-refractivity contribution in [3.63, 3.8) is 0 Å². The zero-order chi connectivity index (χ0) is 10.7. The van der Waals surface area contributed by atoms with Crippen LogP contribution in [-0.4, -0.2) is 24.4 Å². The van der Waals surface area contributed by atoms with Gasteiger partial charge in [-0.1, -0.05) is 18.2 Å². The van der Waals surface area contributed by atoms with Gasteiger partial charge in [-0.2, -0.15) is 0 Å². The van der Waals surface area contributed by atoms with Crippen molar-refractivity contribution >= 4 is 23.3 Å². The van der Waals surface area contributed by atoms with E-state index in [-0.39, 0.29) is 5.91 Å². The molecule has 0 bridgehead atoms. The molecule has 1 aromatic heterocycles. The second-order valence-corrected chi connectivity index (χ2v) is 4.52. The molecule has 1 aliphatic rings. The molecule has 1 saturated heterocycles. The Hall–Kier alpha value is -1.35. The number of hydrogen-bond acceptors (Lipinski definition) is 2. The zero-order valence-electron chi connectivity index (χ0n) is 8.64. The fourth-order valence-corrected chi connectivity index (χ4v) is 2.17. The SMILES string of the molecule is CN1CC/C(=C\C=C\c2cccs2)C1=O. The molecule has 0 N–H and O–H groups in total. The molecule has 0 aliphatic carbocycles. The van der Waals surface area contributed by atoms with Gasteiger partial charge in [0.25, 0.3) is 0 Å². The minimum Gasteiger partial charge on any atom is -0.342 e. The van der Waals surface area contributed by atoms with E-state index < -0.39 is 0 Å². The Kier molecular flexibility index (Phi) is 3.02. The quantitative estimate of drug-likeness (QED) is 0.700. The topological polar surface area (TPSA) is 20.3 Å². The first-order valence-corrected chi connectivity index (χ1v) is 5.81. The predicted molar refractivity (Wildman–Crippen MR) is 63.7 cm³/mol. The van der Waals surface area contributed by atoms with Crippen LogP contribution >= 0.6 is 11.3 Å². The molecule has 3 heteroatoms. The van der Waals surface area contributed by atoms with Crippen LogP contribution in [0, 0.1) is 0 Å². The van der Waals surface area contributed by atoms with Crippen molar-refractivity contribution in [2.24, 2.45) is 0 Å². The molecule has 2 heterocycles. The summed E-state index contributed by atoms with van der Waals surface area (Å²) in [5.41, 5.74) is 0.908. The number of carbonyl (C=O) groups excluding carboxylic acids is 1. The van der Waals surface area contributed by atoms with Crippen molar-refractivity contribution in [2.75, 3.05) is 13.6 Å². The molecule has 2 rings (SSSR count). The van der Waals surface area contributed by atoms with Gasteiger partial charge in [-0.25, -0.2) is 0 Å². The van der Waals surface area contributed by atoms with Gasteiger partial charge in [-0.3, -0.25) is 4.79 Å². The van der Waals surface area contributed by atoms with Crippen LogP contribution in [0.5, 0.6) is 0 Å². The van der Waals surface area contributed by atoms with Crippen LogP contribution in [0.25, 0.3) is 6.08 Å². The number of nitrogens with zero attached hydrogens (tertiary/aromatic N) is 1. The molecule has 78 valence electrons. The zero-order valence-corrected chi connectivity index (χ0v) is 9.46. The highest BCUT2D eigenvalue weighted by Crippen LogP contribution is 2.16. The van der Waals surface area contributed by atoms with Gasteiger partial charge in [0.15, 0.2) is 0 Å². The van der Waals surface area contributed by atoms with E-state index in [1.54, 1.807) is 16.2 Å². The number of carbonyl (C=O) groups is 1. The third kappa shape index (κ3) is 2.36. The Bertz CT molecular complexity index is 403. The molecule has 0 spiro atoms. The summed E-state index contributed by atoms with van der Waals surface area (Å²) < 4.78 is 0. The van der Waals surface area contributed by atoms with E-state index in [2.05, 4.69) is 6.07 Å². The summed E-state index contributed by atoms with van der Waals surface area (Å²) in [5, 5.41) is 2.04. The highest BCUT2D eigenvalue weighted by atomic mass is 32.1. The second-order valence-electron chi connectivity index (χ2n) is 3.54. The molecule has 1 aliphatic heterocycles. The van der Waals surface area contributed by atoms with Crippen LogP contribution in [0.3, 0.4) is 0 Å². The molecular weight excluding hydrogens is 206 g/mol. The lowest BCUT2D eigenvalue weighted by Gasteiger charge is -2.03. The molecule has 0 radical (unpaired) electrons. The fourth-order valence-electron chi connectivity index (χ4n) is 1.54. The first-order chi connectivity index (χ1) is 7.27. The van der Waals surface area contributed by atoms with E-state index in [1.165, 1.54) is 4.88 Å². The lowest BCUT2D eigenvalue weighted by Crippen LogP contribution is -2.18. The minimum atomic E-state index is 0.158. The summed E-state index contributed by atoms with van der Waals surface area (Å²) in [6.07, 6.45) is 6.77. The van der Waals surface area contributed by atoms with Gasteiger partial charge in [0.05, 0.1) is 0 Å². The third-order valence-electron chi connectivity index (χ3n) is 2.44. The van der Waals surface area contributed by atoms with Crippen LogP contribution in [-0.2, 0) is 4.79 Å². The first-order valence-electron chi connectivity index (χ1n) is 4.93. The molecule has 2 nitrogen and oxygen atoms in total. The lowest BCUT2D eigenvalue weighted by atomic mass is 10.2. The van der Waals surface area contributed by atoms with E-state index in [0.717, 1.165) is 18.5 Å². The largest absolute Gasteiger partial charge is 0.342 e. The Balaban J connectivity index is 2.03. The number of hydrogen-bond donors (Lipinski definition) is 0. The second kappa shape index (κ2) is 4.45. The van der Waals surface area contributed by atoms with Crippen LogP contribution < -0.4 is 0 Å². The van der Waals surface area contributed by atoms with Gasteiger partial charge in [-0.15, -0.1) is 11.3 Å². The summed E-state index contributed by atoms with van der Waals surface area (Å²) >= 11 is 1.70. The molecule has 0 saturated carbocycles. The minimum absolute atomic E-state index is 0.158. The van der Waals surface area contributed by atoms with E-state index >= 15 is 0 Å². The lowest BCUT2D eigenvalue weighted by molar-refractivity contribution is -0.123. The summed E-state index contributed by atoms with van der Waals surface area (Å²) in [6, 6.07) is 4.08. The smallest absolute Gasteiger partial charge is 0.249 e. The summed E-state index contributed by atoms with van der Waals surface area (Å²) in [7, 11) is 1.84. The van der Waals surface area contributed by atoms with Gasteiger partial charge in [0.1, 0.15) is 0 Å². The van der Waals surface area contributed by atoms with Crippen molar-refractivity contribution in [3.05, 3.63) is 40.1 Å². The van der Waals surface area contributed by atoms with Crippen molar-refractivity contribution in [3.8, 4) is 0 Å². The molecule has 0 atom stereocenters. The maximum absolute atomic E-state index is 11.5. The van der Waals surface area contributed by atoms with Crippen LogP contribution in [0.2, 0.25) is 0 Å². The maximum atomic E-state index is 11.5. The van der Waals surface area contributed by atoms with Gasteiger partial charge in [-0.05, 0) is 23.9 Å². The first kappa shape index (κ1) is 10.2. The summed E-state index contributed by atoms with van der Waals surface area (Å²) in [6.45, 7) is 0.845. The van der Waals surface area contributed by atoms with E-state index in [4.69, 9.17) is 0 Å². The number of amides is 1. The van der Waals surface area contributed by atoms with Crippen molar-refractivity contribution < 1.29 is 4.79 Å².